The Hall–Kier alpha value is -2.98. The van der Waals surface area contributed by atoms with Crippen molar-refractivity contribution in [2.24, 2.45) is 0 Å². The number of benzene rings is 2. The van der Waals surface area contributed by atoms with Gasteiger partial charge in [-0.2, -0.15) is 0 Å². The zero-order chi connectivity index (χ0) is 30.0. The lowest BCUT2D eigenvalue weighted by Crippen LogP contribution is -2.37. The normalized spacial score (nSPS) is 17.2. The van der Waals surface area contributed by atoms with Gasteiger partial charge in [-0.05, 0) is 142 Å². The van der Waals surface area contributed by atoms with Crippen molar-refractivity contribution in [3.8, 4) is 17.2 Å². The summed E-state index contributed by atoms with van der Waals surface area (Å²) in [5.41, 5.74) is 9.38. The van der Waals surface area contributed by atoms with Crippen molar-refractivity contribution in [3.63, 3.8) is 0 Å². The molecule has 0 radical (unpaired) electrons. The third-order valence-electron chi connectivity index (χ3n) is 8.55. The maximum absolute atomic E-state index is 11.0. The van der Waals surface area contributed by atoms with Crippen LogP contribution in [0.15, 0.2) is 59.2 Å². The number of phenols is 2. The van der Waals surface area contributed by atoms with Gasteiger partial charge >= 0.3 is 0 Å². The summed E-state index contributed by atoms with van der Waals surface area (Å²) in [7, 11) is 0. The first-order valence-corrected chi connectivity index (χ1v) is 15.4. The van der Waals surface area contributed by atoms with Crippen LogP contribution in [0, 0.1) is 13.8 Å². The van der Waals surface area contributed by atoms with Gasteiger partial charge in [-0.1, -0.05) is 47.1 Å². The van der Waals surface area contributed by atoms with Crippen LogP contribution in [-0.2, 0) is 19.4 Å². The van der Waals surface area contributed by atoms with Gasteiger partial charge in [0.1, 0.15) is 22.8 Å². The molecule has 41 heavy (non-hydrogen) atoms. The van der Waals surface area contributed by atoms with Crippen LogP contribution >= 0.6 is 0 Å². The molecule has 1 aliphatic heterocycles. The van der Waals surface area contributed by atoms with E-state index in [0.717, 1.165) is 92.3 Å². The minimum Gasteiger partial charge on any atom is -0.508 e. The molecule has 0 unspecified atom stereocenters. The number of aromatic hydroxyl groups is 2. The molecular formula is C37H53NO3. The van der Waals surface area contributed by atoms with Crippen LogP contribution in [0.2, 0.25) is 0 Å². The van der Waals surface area contributed by atoms with Crippen LogP contribution < -0.4 is 10.1 Å². The molecule has 3 rings (SSSR count). The smallest absolute Gasteiger partial charge is 0.127 e. The molecule has 0 amide bonds. The highest BCUT2D eigenvalue weighted by molar-refractivity contribution is 5.59. The lowest BCUT2D eigenvalue weighted by atomic mass is 9.84. The van der Waals surface area contributed by atoms with Crippen LogP contribution in [-0.4, -0.2) is 22.4 Å². The third kappa shape index (κ3) is 9.81. The van der Waals surface area contributed by atoms with E-state index in [1.165, 1.54) is 22.3 Å². The van der Waals surface area contributed by atoms with Crippen LogP contribution in [0.3, 0.4) is 0 Å². The molecule has 224 valence electrons. The average molecular weight is 560 g/mol. The lowest BCUT2D eigenvalue weighted by Gasteiger charge is -2.38. The van der Waals surface area contributed by atoms with Gasteiger partial charge < -0.3 is 20.3 Å². The van der Waals surface area contributed by atoms with Gasteiger partial charge in [-0.15, -0.1) is 0 Å². The van der Waals surface area contributed by atoms with Gasteiger partial charge in [0.05, 0.1) is 0 Å². The van der Waals surface area contributed by atoms with E-state index in [-0.39, 0.29) is 11.4 Å². The number of fused-ring (bicyclic) bond motifs is 1. The Bertz CT molecular complexity index is 1250. The van der Waals surface area contributed by atoms with E-state index in [0.29, 0.717) is 12.3 Å². The zero-order valence-corrected chi connectivity index (χ0v) is 26.6. The van der Waals surface area contributed by atoms with Crippen LogP contribution in [0.5, 0.6) is 17.2 Å². The van der Waals surface area contributed by atoms with E-state index in [2.05, 4.69) is 65.1 Å². The molecule has 1 heterocycles. The maximum atomic E-state index is 11.0. The second-order valence-corrected chi connectivity index (χ2v) is 12.5. The predicted molar refractivity (Wildman–Crippen MR) is 173 cm³/mol. The first-order chi connectivity index (χ1) is 19.5. The number of hydrogen-bond donors (Lipinski definition) is 3. The number of phenolic OH excluding ortho intramolecular Hbond substituents is 2. The minimum absolute atomic E-state index is 0.205. The molecule has 0 aliphatic carbocycles. The van der Waals surface area contributed by atoms with Crippen molar-refractivity contribution in [1.29, 1.82) is 0 Å². The lowest BCUT2D eigenvalue weighted by molar-refractivity contribution is 0.0557. The molecule has 0 spiro atoms. The highest BCUT2D eigenvalue weighted by Crippen LogP contribution is 2.44. The van der Waals surface area contributed by atoms with Gasteiger partial charge in [0, 0.05) is 17.7 Å². The van der Waals surface area contributed by atoms with Gasteiger partial charge in [0.15, 0.2) is 0 Å². The second-order valence-electron chi connectivity index (χ2n) is 12.5. The molecule has 3 N–H and O–H groups in total. The quantitative estimate of drug-likeness (QED) is 0.159. The highest BCUT2D eigenvalue weighted by Gasteiger charge is 2.34. The SMILES string of the molecule is CC(C)=CCC/C(C)=C/CC/C(C)=C/CC[C@]1(C)CCc2c(CNCCc3ccc(O)cc3)c(O)c(C)c(C)c2O1. The first kappa shape index (κ1) is 32.5. The maximum Gasteiger partial charge on any atom is 0.127 e. The summed E-state index contributed by atoms with van der Waals surface area (Å²) < 4.78 is 6.76. The average Bonchev–Trinajstić information content (AvgIpc) is 2.92. The molecule has 2 aromatic rings. The second kappa shape index (κ2) is 15.3. The Kier molecular flexibility index (Phi) is 12.1. The van der Waals surface area contributed by atoms with Crippen LogP contribution in [0.1, 0.15) is 107 Å². The van der Waals surface area contributed by atoms with E-state index in [9.17, 15) is 10.2 Å². The third-order valence-corrected chi connectivity index (χ3v) is 8.55. The van der Waals surface area contributed by atoms with Crippen molar-refractivity contribution < 1.29 is 14.9 Å². The number of hydrogen-bond acceptors (Lipinski definition) is 4. The topological polar surface area (TPSA) is 61.7 Å². The molecule has 0 aromatic heterocycles. The molecular weight excluding hydrogens is 506 g/mol. The summed E-state index contributed by atoms with van der Waals surface area (Å²) in [6.45, 7) is 16.5. The monoisotopic (exact) mass is 559 g/mol. The Balaban J connectivity index is 1.55. The summed E-state index contributed by atoms with van der Waals surface area (Å²) >= 11 is 0. The minimum atomic E-state index is -0.205. The first-order valence-electron chi connectivity index (χ1n) is 15.4. The summed E-state index contributed by atoms with van der Waals surface area (Å²) in [5, 5.41) is 24.1. The van der Waals surface area contributed by atoms with Crippen molar-refractivity contribution >= 4 is 0 Å². The van der Waals surface area contributed by atoms with Gasteiger partial charge in [0.2, 0.25) is 0 Å². The van der Waals surface area contributed by atoms with Crippen molar-refractivity contribution in [1.82, 2.24) is 5.32 Å². The van der Waals surface area contributed by atoms with E-state index < -0.39 is 0 Å². The van der Waals surface area contributed by atoms with E-state index >= 15 is 0 Å². The van der Waals surface area contributed by atoms with Crippen molar-refractivity contribution in [3.05, 3.63) is 87.0 Å². The fraction of sp³-hybridized carbons (Fsp3) is 0.514. The fourth-order valence-electron chi connectivity index (χ4n) is 5.61. The Morgan fingerprint density at radius 3 is 2.20 bits per heavy atom. The Morgan fingerprint density at radius 1 is 0.902 bits per heavy atom. The van der Waals surface area contributed by atoms with E-state index in [1.54, 1.807) is 12.1 Å². The Morgan fingerprint density at radius 2 is 1.54 bits per heavy atom. The number of ether oxygens (including phenoxy) is 1. The molecule has 0 bridgehead atoms. The standard InChI is InChI=1S/C37H53NO3/c1-26(2)11-8-12-27(3)13-9-14-28(4)15-10-22-37(7)23-20-33-34(35(40)29(5)30(6)36(33)41-37)25-38-24-21-31-16-18-32(39)19-17-31/h11,13,15-19,38-40H,8-10,12,14,20-25H2,1-7H3/b27-13+,28-15+/t37-/m1/s1. The van der Waals surface area contributed by atoms with Gasteiger partial charge in [0.25, 0.3) is 0 Å². The van der Waals surface area contributed by atoms with Gasteiger partial charge in [-0.3, -0.25) is 0 Å². The fourth-order valence-corrected chi connectivity index (χ4v) is 5.61. The van der Waals surface area contributed by atoms with Crippen LogP contribution in [0.25, 0.3) is 0 Å². The van der Waals surface area contributed by atoms with E-state index in [1.807, 2.05) is 19.1 Å². The summed E-state index contributed by atoms with van der Waals surface area (Å²) in [4.78, 5) is 0. The Labute approximate surface area is 249 Å². The summed E-state index contributed by atoms with van der Waals surface area (Å²) in [6, 6.07) is 7.34. The highest BCUT2D eigenvalue weighted by atomic mass is 16.5. The summed E-state index contributed by atoms with van der Waals surface area (Å²) in [5.74, 6) is 1.65. The number of rotatable bonds is 14. The molecule has 4 heteroatoms. The molecule has 0 saturated heterocycles. The largest absolute Gasteiger partial charge is 0.508 e. The summed E-state index contributed by atoms with van der Waals surface area (Å²) in [6.07, 6.45) is 16.4. The van der Waals surface area contributed by atoms with Gasteiger partial charge in [-0.25, -0.2) is 0 Å². The zero-order valence-electron chi connectivity index (χ0n) is 26.6. The predicted octanol–water partition coefficient (Wildman–Crippen LogP) is 9.33. The van der Waals surface area contributed by atoms with Crippen molar-refractivity contribution in [2.75, 3.05) is 6.54 Å². The molecule has 0 saturated carbocycles. The number of allylic oxidation sites excluding steroid dienone is 6. The van der Waals surface area contributed by atoms with Crippen molar-refractivity contribution in [2.45, 2.75) is 118 Å². The van der Waals surface area contributed by atoms with E-state index in [4.69, 9.17) is 4.74 Å². The van der Waals surface area contributed by atoms with Crippen LogP contribution in [0.4, 0.5) is 0 Å². The molecule has 0 fully saturated rings. The number of nitrogens with one attached hydrogen (secondary N) is 1. The molecule has 2 aromatic carbocycles. The molecule has 1 atom stereocenters. The molecule has 1 aliphatic rings. The molecule has 4 nitrogen and oxygen atoms in total.